The molecule has 1 aliphatic rings. The molecule has 9 rings (SSSR count). The molecule has 0 atom stereocenters. The van der Waals surface area contributed by atoms with Crippen LogP contribution in [0.15, 0.2) is 170 Å². The molecule has 8 aromatic rings. The number of rotatable bonds is 7. The smallest absolute Gasteiger partial charge is 0.137 e. The number of pyridine rings is 1. The topological polar surface area (TPSA) is 33.5 Å². The first-order chi connectivity index (χ1) is 26.2. The zero-order valence-corrected chi connectivity index (χ0v) is 31.4. The van der Waals surface area contributed by atoms with Crippen LogP contribution in [-0.4, -0.2) is 15.6 Å². The number of anilines is 3. The third-order valence-corrected chi connectivity index (χ3v) is 10.9. The Morgan fingerprint density at radius 1 is 0.519 bits per heavy atom. The van der Waals surface area contributed by atoms with Crippen molar-refractivity contribution in [3.05, 3.63) is 198 Å². The summed E-state index contributed by atoms with van der Waals surface area (Å²) in [5.41, 5.74) is 10.5. The van der Waals surface area contributed by atoms with Crippen molar-refractivity contribution in [3.63, 3.8) is 0 Å². The van der Waals surface area contributed by atoms with Crippen LogP contribution in [0.2, 0.25) is 0 Å². The molecule has 0 radical (unpaired) electrons. The molecular formula is C49H44N4O. The highest BCUT2D eigenvalue weighted by Crippen LogP contribution is 2.49. The Labute approximate surface area is 317 Å². The molecule has 266 valence electrons. The predicted octanol–water partition coefficient (Wildman–Crippen LogP) is 12.1. The summed E-state index contributed by atoms with van der Waals surface area (Å²) in [6, 6.07) is 59.3. The molecule has 1 aliphatic heterocycles. The molecule has 5 nitrogen and oxygen atoms in total. The minimum Gasteiger partial charge on any atom is -0.294 e. The lowest BCUT2D eigenvalue weighted by molar-refractivity contribution is 0.112. The lowest BCUT2D eigenvalue weighted by Gasteiger charge is -2.37. The number of fused-ring (bicyclic) bond motifs is 4. The van der Waals surface area contributed by atoms with Gasteiger partial charge in [-0.2, -0.15) is 5.06 Å². The van der Waals surface area contributed by atoms with Gasteiger partial charge in [0.1, 0.15) is 5.82 Å². The lowest BCUT2D eigenvalue weighted by atomic mass is 9.65. The predicted molar refractivity (Wildman–Crippen MR) is 223 cm³/mol. The van der Waals surface area contributed by atoms with E-state index < -0.39 is 5.41 Å². The number of hydrogen-bond donors (Lipinski definition) is 0. The molecule has 0 fully saturated rings. The van der Waals surface area contributed by atoms with Crippen LogP contribution in [0.1, 0.15) is 62.4 Å². The Kier molecular flexibility index (Phi) is 8.13. The van der Waals surface area contributed by atoms with Crippen LogP contribution < -0.4 is 10.1 Å². The van der Waals surface area contributed by atoms with Crippen LogP contribution in [0.4, 0.5) is 17.1 Å². The summed E-state index contributed by atoms with van der Waals surface area (Å²) in [6.07, 6.45) is 1.95. The van der Waals surface area contributed by atoms with Gasteiger partial charge in [-0.15, -0.1) is 4.94 Å². The van der Waals surface area contributed by atoms with Crippen molar-refractivity contribution in [1.82, 2.24) is 9.55 Å². The van der Waals surface area contributed by atoms with Crippen LogP contribution in [0.25, 0.3) is 27.6 Å². The van der Waals surface area contributed by atoms with Crippen molar-refractivity contribution in [3.8, 4) is 5.82 Å². The summed E-state index contributed by atoms with van der Waals surface area (Å²) in [4.78, 5) is 11.6. The average Bonchev–Trinajstić information content (AvgIpc) is 3.76. The third-order valence-electron chi connectivity index (χ3n) is 10.9. The highest BCUT2D eigenvalue weighted by molar-refractivity contribution is 6.09. The second-order valence-corrected chi connectivity index (χ2v) is 15.6. The van der Waals surface area contributed by atoms with Gasteiger partial charge >= 0.3 is 0 Å². The van der Waals surface area contributed by atoms with Crippen molar-refractivity contribution in [2.45, 2.75) is 51.5 Å². The SMILES string of the molecule is CC(C)N1ON(c2cccc(C(c3ccccc3)(c3ccccc3)c3ccc4c5ccccc5n(-c5cc(C(C)(C)C)ccn5)c4c3)c2)c2ccccc21. The second kappa shape index (κ2) is 13.0. The fraction of sp³-hybridized carbons (Fsp3) is 0.163. The number of para-hydroxylation sites is 3. The fourth-order valence-corrected chi connectivity index (χ4v) is 8.26. The highest BCUT2D eigenvalue weighted by atomic mass is 16.8. The Hall–Kier alpha value is -6.17. The van der Waals surface area contributed by atoms with Crippen LogP contribution in [-0.2, 0) is 15.8 Å². The van der Waals surface area contributed by atoms with E-state index in [2.05, 4.69) is 203 Å². The second-order valence-electron chi connectivity index (χ2n) is 15.6. The van der Waals surface area contributed by atoms with E-state index in [1.807, 2.05) is 16.3 Å². The first-order valence-electron chi connectivity index (χ1n) is 18.8. The molecule has 3 heterocycles. The van der Waals surface area contributed by atoms with Gasteiger partial charge in [0.25, 0.3) is 0 Å². The van der Waals surface area contributed by atoms with Gasteiger partial charge in [-0.25, -0.2) is 10.0 Å². The van der Waals surface area contributed by atoms with Gasteiger partial charge in [0.05, 0.1) is 39.6 Å². The van der Waals surface area contributed by atoms with Crippen molar-refractivity contribution >= 4 is 38.9 Å². The van der Waals surface area contributed by atoms with Crippen LogP contribution >= 0.6 is 0 Å². The van der Waals surface area contributed by atoms with E-state index in [0.29, 0.717) is 0 Å². The molecule has 0 unspecified atom stereocenters. The molecule has 0 N–H and O–H groups in total. The zero-order valence-electron chi connectivity index (χ0n) is 31.4. The van der Waals surface area contributed by atoms with Crippen molar-refractivity contribution in [1.29, 1.82) is 0 Å². The summed E-state index contributed by atoms with van der Waals surface area (Å²) in [6.45, 7) is 11.1. The van der Waals surface area contributed by atoms with E-state index in [1.54, 1.807) is 0 Å². The van der Waals surface area contributed by atoms with E-state index in [0.717, 1.165) is 45.0 Å². The molecular weight excluding hydrogens is 661 g/mol. The third kappa shape index (κ3) is 5.38. The van der Waals surface area contributed by atoms with Crippen LogP contribution in [0.5, 0.6) is 0 Å². The maximum atomic E-state index is 6.61. The first kappa shape index (κ1) is 33.7. The lowest BCUT2D eigenvalue weighted by Crippen LogP contribution is -2.32. The monoisotopic (exact) mass is 704 g/mol. The van der Waals surface area contributed by atoms with Gasteiger partial charge in [-0.3, -0.25) is 4.57 Å². The number of aromatic nitrogens is 2. The first-order valence-corrected chi connectivity index (χ1v) is 18.8. The molecule has 0 saturated heterocycles. The molecule has 0 aliphatic carbocycles. The molecule has 0 bridgehead atoms. The molecule has 0 spiro atoms. The average molecular weight is 705 g/mol. The van der Waals surface area contributed by atoms with E-state index in [-0.39, 0.29) is 11.5 Å². The fourth-order valence-electron chi connectivity index (χ4n) is 8.26. The standard InChI is InChI=1S/C49H44N4O/c1-34(2)52-44-25-14-15-26-45(44)53(54-52)40-22-16-21-38(31-40)49(35-17-8-6-9-18-35,36-19-10-7-11-20-36)39-27-28-42-41-23-12-13-24-43(41)51(46(42)32-39)47-33-37(29-30-50-47)48(3,4)5/h6-34H,1-5H3. The van der Waals surface area contributed by atoms with E-state index in [4.69, 9.17) is 9.92 Å². The number of hydroxylamine groups is 1. The summed E-state index contributed by atoms with van der Waals surface area (Å²) in [5.74, 6) is 0.914. The zero-order chi connectivity index (χ0) is 37.0. The Bertz CT molecular complexity index is 2580. The molecule has 0 saturated carbocycles. The Balaban J connectivity index is 1.33. The Morgan fingerprint density at radius 2 is 1.13 bits per heavy atom. The van der Waals surface area contributed by atoms with E-state index >= 15 is 0 Å². The van der Waals surface area contributed by atoms with Gasteiger partial charge < -0.3 is 0 Å². The van der Waals surface area contributed by atoms with Crippen molar-refractivity contribution in [2.24, 2.45) is 0 Å². The molecule has 54 heavy (non-hydrogen) atoms. The van der Waals surface area contributed by atoms with Gasteiger partial charge in [0, 0.05) is 17.0 Å². The summed E-state index contributed by atoms with van der Waals surface area (Å²) >= 11 is 0. The summed E-state index contributed by atoms with van der Waals surface area (Å²) in [7, 11) is 0. The normalized spacial score (nSPS) is 13.3. The van der Waals surface area contributed by atoms with Gasteiger partial charge in [-0.1, -0.05) is 136 Å². The maximum Gasteiger partial charge on any atom is 0.137 e. The molecule has 0 amide bonds. The largest absolute Gasteiger partial charge is 0.294 e. The minimum atomic E-state index is -0.689. The number of nitrogens with zero attached hydrogens (tertiary/aromatic N) is 4. The number of hydrogen-bond acceptors (Lipinski definition) is 4. The maximum absolute atomic E-state index is 6.61. The van der Waals surface area contributed by atoms with Crippen molar-refractivity contribution in [2.75, 3.05) is 10.1 Å². The van der Waals surface area contributed by atoms with E-state index in [9.17, 15) is 0 Å². The highest BCUT2D eigenvalue weighted by Gasteiger charge is 2.40. The number of benzene rings is 6. The summed E-state index contributed by atoms with van der Waals surface area (Å²) < 4.78 is 2.34. The van der Waals surface area contributed by atoms with E-state index in [1.165, 1.54) is 27.5 Å². The molecule has 5 heteroatoms. The van der Waals surface area contributed by atoms with Gasteiger partial charge in [0.15, 0.2) is 0 Å². The Morgan fingerprint density at radius 3 is 1.83 bits per heavy atom. The van der Waals surface area contributed by atoms with Gasteiger partial charge in [0.2, 0.25) is 0 Å². The van der Waals surface area contributed by atoms with Crippen LogP contribution in [0, 0.1) is 0 Å². The van der Waals surface area contributed by atoms with Crippen molar-refractivity contribution < 1.29 is 4.94 Å². The molecule has 6 aromatic carbocycles. The van der Waals surface area contributed by atoms with Crippen LogP contribution in [0.3, 0.4) is 0 Å². The quantitative estimate of drug-likeness (QED) is 0.155. The molecule has 2 aromatic heterocycles. The van der Waals surface area contributed by atoms with Gasteiger partial charge in [-0.05, 0) is 95.6 Å². The summed E-state index contributed by atoms with van der Waals surface area (Å²) in [5, 5.41) is 6.35. The minimum absolute atomic E-state index is 0.0197.